The van der Waals surface area contributed by atoms with Crippen LogP contribution in [0.25, 0.3) is 0 Å². The molecule has 0 saturated heterocycles. The number of benzene rings is 2. The average molecular weight is 350 g/mol. The maximum Gasteiger partial charge on any atom is 0.243 e. The molecular formula is C17H17ClFN3O2. The highest BCUT2D eigenvalue weighted by molar-refractivity contribution is 6.31. The van der Waals surface area contributed by atoms with Crippen LogP contribution in [0, 0.1) is 5.82 Å². The van der Waals surface area contributed by atoms with Gasteiger partial charge in [0.1, 0.15) is 17.7 Å². The minimum atomic E-state index is -0.525. The predicted octanol–water partition coefficient (Wildman–Crippen LogP) is 3.29. The smallest absolute Gasteiger partial charge is 0.243 e. The predicted molar refractivity (Wildman–Crippen MR) is 93.2 cm³/mol. The van der Waals surface area contributed by atoms with Gasteiger partial charge >= 0.3 is 0 Å². The van der Waals surface area contributed by atoms with Crippen molar-refractivity contribution in [2.75, 3.05) is 29.0 Å². The van der Waals surface area contributed by atoms with Crippen LogP contribution in [0.2, 0.25) is 5.02 Å². The zero-order valence-corrected chi connectivity index (χ0v) is 13.8. The van der Waals surface area contributed by atoms with Crippen LogP contribution in [0.1, 0.15) is 6.92 Å². The number of fused-ring (bicyclic) bond motifs is 1. The van der Waals surface area contributed by atoms with E-state index in [1.54, 1.807) is 12.1 Å². The largest absolute Gasteiger partial charge is 0.487 e. The monoisotopic (exact) mass is 349 g/mol. The van der Waals surface area contributed by atoms with Crippen molar-refractivity contribution in [1.82, 2.24) is 0 Å². The Kier molecular flexibility index (Phi) is 4.49. The van der Waals surface area contributed by atoms with Gasteiger partial charge in [-0.05, 0) is 37.3 Å². The summed E-state index contributed by atoms with van der Waals surface area (Å²) in [6.07, 6.45) is -0.0626. The number of nitrogens with zero attached hydrogens (tertiary/aromatic N) is 1. The molecule has 1 atom stereocenters. The third-order valence-electron chi connectivity index (χ3n) is 3.67. The Labute approximate surface area is 144 Å². The third-order valence-corrected chi connectivity index (χ3v) is 3.96. The van der Waals surface area contributed by atoms with E-state index in [9.17, 15) is 9.18 Å². The van der Waals surface area contributed by atoms with Crippen LogP contribution in [-0.4, -0.2) is 25.1 Å². The summed E-state index contributed by atoms with van der Waals surface area (Å²) in [5.41, 5.74) is 7.65. The van der Waals surface area contributed by atoms with Crippen LogP contribution < -0.4 is 20.7 Å². The summed E-state index contributed by atoms with van der Waals surface area (Å²) in [4.78, 5) is 14.2. The van der Waals surface area contributed by atoms with Crippen LogP contribution in [-0.2, 0) is 4.79 Å². The number of hydrogen-bond donors (Lipinski definition) is 2. The number of nitrogens with two attached hydrogens (primary N) is 1. The van der Waals surface area contributed by atoms with Crippen molar-refractivity contribution in [2.24, 2.45) is 0 Å². The van der Waals surface area contributed by atoms with Crippen molar-refractivity contribution < 1.29 is 13.9 Å². The molecule has 0 fully saturated rings. The Balaban J connectivity index is 1.73. The molecule has 0 spiro atoms. The number of amides is 1. The van der Waals surface area contributed by atoms with Crippen LogP contribution in [0.3, 0.4) is 0 Å². The van der Waals surface area contributed by atoms with Gasteiger partial charge in [0, 0.05) is 17.4 Å². The molecule has 2 aromatic rings. The molecule has 0 aromatic heterocycles. The minimum Gasteiger partial charge on any atom is -0.487 e. The van der Waals surface area contributed by atoms with Crippen LogP contribution in [0.4, 0.5) is 21.5 Å². The van der Waals surface area contributed by atoms with Gasteiger partial charge in [-0.2, -0.15) is 0 Å². The van der Waals surface area contributed by atoms with Crippen molar-refractivity contribution in [2.45, 2.75) is 13.0 Å². The van der Waals surface area contributed by atoms with E-state index in [4.69, 9.17) is 22.1 Å². The molecule has 3 rings (SSSR count). The van der Waals surface area contributed by atoms with E-state index in [0.717, 1.165) is 5.69 Å². The van der Waals surface area contributed by atoms with Crippen LogP contribution >= 0.6 is 11.6 Å². The van der Waals surface area contributed by atoms with E-state index < -0.39 is 5.82 Å². The molecule has 7 heteroatoms. The zero-order valence-electron chi connectivity index (χ0n) is 13.1. The fourth-order valence-corrected chi connectivity index (χ4v) is 2.83. The second-order valence-electron chi connectivity index (χ2n) is 5.71. The highest BCUT2D eigenvalue weighted by atomic mass is 35.5. The minimum absolute atomic E-state index is 0.0337. The highest BCUT2D eigenvalue weighted by Crippen LogP contribution is 2.34. The number of hydrogen-bond acceptors (Lipinski definition) is 4. The Hall–Kier alpha value is -2.47. The Bertz CT molecular complexity index is 784. The normalized spacial score (nSPS) is 16.3. The number of anilines is 3. The van der Waals surface area contributed by atoms with E-state index in [1.807, 2.05) is 17.9 Å². The lowest BCUT2D eigenvalue weighted by Crippen LogP contribution is -2.42. The first-order valence-corrected chi connectivity index (χ1v) is 7.86. The van der Waals surface area contributed by atoms with Gasteiger partial charge in [-0.15, -0.1) is 0 Å². The highest BCUT2D eigenvalue weighted by Gasteiger charge is 2.24. The average Bonchev–Trinajstić information content (AvgIpc) is 2.50. The molecule has 24 heavy (non-hydrogen) atoms. The lowest BCUT2D eigenvalue weighted by atomic mass is 10.2. The molecule has 1 heterocycles. The van der Waals surface area contributed by atoms with Gasteiger partial charge in [-0.25, -0.2) is 4.39 Å². The molecule has 126 valence electrons. The molecule has 0 aliphatic carbocycles. The molecule has 0 saturated carbocycles. The Morgan fingerprint density at radius 1 is 1.42 bits per heavy atom. The number of ether oxygens (including phenoxy) is 1. The van der Waals surface area contributed by atoms with Crippen LogP contribution in [0.5, 0.6) is 5.75 Å². The molecule has 2 aromatic carbocycles. The standard InChI is InChI=1S/C17H17ClFN3O2/c1-10-8-22(15-5-2-11(20)6-16(15)24-10)9-17(23)21-12-3-4-14(19)13(18)7-12/h2-7,10H,8-9,20H2,1H3,(H,21,23). The third kappa shape index (κ3) is 3.54. The van der Waals surface area contributed by atoms with Crippen molar-refractivity contribution in [3.05, 3.63) is 47.2 Å². The van der Waals surface area contributed by atoms with E-state index in [2.05, 4.69) is 5.32 Å². The van der Waals surface area contributed by atoms with Crippen molar-refractivity contribution in [3.8, 4) is 5.75 Å². The molecule has 1 aliphatic heterocycles. The van der Waals surface area contributed by atoms with E-state index in [1.165, 1.54) is 18.2 Å². The summed E-state index contributed by atoms with van der Waals surface area (Å²) in [5.74, 6) is -0.0934. The molecule has 0 bridgehead atoms. The second kappa shape index (κ2) is 6.57. The lowest BCUT2D eigenvalue weighted by molar-refractivity contribution is -0.115. The van der Waals surface area contributed by atoms with Crippen molar-refractivity contribution >= 4 is 34.6 Å². The summed E-state index contributed by atoms with van der Waals surface area (Å²) < 4.78 is 18.9. The number of rotatable bonds is 3. The zero-order chi connectivity index (χ0) is 17.3. The molecule has 0 radical (unpaired) electrons. The van der Waals surface area contributed by atoms with Gasteiger partial charge in [-0.1, -0.05) is 11.6 Å². The van der Waals surface area contributed by atoms with Crippen molar-refractivity contribution in [1.29, 1.82) is 0 Å². The molecular weight excluding hydrogens is 333 g/mol. The first kappa shape index (κ1) is 16.4. The summed E-state index contributed by atoms with van der Waals surface area (Å²) in [5, 5.41) is 2.68. The fraction of sp³-hybridized carbons (Fsp3) is 0.235. The number of carbonyl (C=O) groups excluding carboxylic acids is 1. The summed E-state index contributed by atoms with van der Waals surface area (Å²) in [7, 11) is 0. The number of nitrogen functional groups attached to an aromatic ring is 1. The molecule has 1 amide bonds. The molecule has 5 nitrogen and oxygen atoms in total. The number of carbonyl (C=O) groups is 1. The van der Waals surface area contributed by atoms with E-state index in [-0.39, 0.29) is 23.6 Å². The van der Waals surface area contributed by atoms with Gasteiger partial charge in [0.2, 0.25) is 5.91 Å². The van der Waals surface area contributed by atoms with Gasteiger partial charge in [-0.3, -0.25) is 4.79 Å². The fourth-order valence-electron chi connectivity index (χ4n) is 2.65. The topological polar surface area (TPSA) is 67.6 Å². The first-order chi connectivity index (χ1) is 11.4. The van der Waals surface area contributed by atoms with Gasteiger partial charge in [0.15, 0.2) is 0 Å². The van der Waals surface area contributed by atoms with Crippen molar-refractivity contribution in [3.63, 3.8) is 0 Å². The quantitative estimate of drug-likeness (QED) is 0.834. The van der Waals surface area contributed by atoms with Crippen LogP contribution in [0.15, 0.2) is 36.4 Å². The Morgan fingerprint density at radius 3 is 2.96 bits per heavy atom. The first-order valence-electron chi connectivity index (χ1n) is 7.48. The van der Waals surface area contributed by atoms with Gasteiger partial charge < -0.3 is 20.7 Å². The SMILES string of the molecule is CC1CN(CC(=O)Nc2ccc(F)c(Cl)c2)c2ccc(N)cc2O1. The lowest BCUT2D eigenvalue weighted by Gasteiger charge is -2.34. The molecule has 1 unspecified atom stereocenters. The maximum atomic E-state index is 13.2. The molecule has 3 N–H and O–H groups in total. The van der Waals surface area contributed by atoms with Gasteiger partial charge in [0.25, 0.3) is 0 Å². The number of nitrogens with one attached hydrogen (secondary N) is 1. The van der Waals surface area contributed by atoms with Gasteiger partial charge in [0.05, 0.1) is 23.8 Å². The Morgan fingerprint density at radius 2 is 2.21 bits per heavy atom. The van der Waals surface area contributed by atoms with E-state index in [0.29, 0.717) is 23.7 Å². The molecule has 1 aliphatic rings. The summed E-state index contributed by atoms with van der Waals surface area (Å²) in [6, 6.07) is 9.41. The summed E-state index contributed by atoms with van der Waals surface area (Å²) in [6.45, 7) is 2.64. The number of halogens is 2. The second-order valence-corrected chi connectivity index (χ2v) is 6.12. The summed E-state index contributed by atoms with van der Waals surface area (Å²) >= 11 is 5.72. The maximum absolute atomic E-state index is 13.2. The van der Waals surface area contributed by atoms with E-state index >= 15 is 0 Å².